The Morgan fingerprint density at radius 1 is 0.917 bits per heavy atom. The molecule has 0 aromatic carbocycles. The minimum Gasteiger partial charge on any atom is -0.338 e. The van der Waals surface area contributed by atoms with Crippen LogP contribution in [0.25, 0.3) is 0 Å². The Morgan fingerprint density at radius 3 is 1.33 bits per heavy atom. The molecule has 0 N–H and O–H groups in total. The van der Waals surface area contributed by atoms with Crippen LogP contribution in [0, 0.1) is 0 Å². The molecule has 4 heteroatoms. The van der Waals surface area contributed by atoms with Gasteiger partial charge in [-0.1, -0.05) is 0 Å². The summed E-state index contributed by atoms with van der Waals surface area (Å²) in [5, 5.41) is 0. The van der Waals surface area contributed by atoms with Crippen LogP contribution in [0.3, 0.4) is 0 Å². The molecule has 12 heavy (non-hydrogen) atoms. The van der Waals surface area contributed by atoms with Crippen LogP contribution in [0.15, 0.2) is 0 Å². The summed E-state index contributed by atoms with van der Waals surface area (Å²) in [6.07, 6.45) is 0. The smallest absolute Gasteiger partial charge is 0.311 e. The van der Waals surface area contributed by atoms with Gasteiger partial charge in [-0.05, 0) is 13.8 Å². The third kappa shape index (κ3) is 2.53. The maximum atomic E-state index is 11.2. The molecule has 0 saturated carbocycles. The predicted octanol–water partition coefficient (Wildman–Crippen LogP) is -0.0570. The first-order valence-electron chi connectivity index (χ1n) is 4.05. The van der Waals surface area contributed by atoms with Crippen molar-refractivity contribution in [3.63, 3.8) is 0 Å². The molecule has 0 spiro atoms. The molecule has 0 radical (unpaired) electrons. The first-order chi connectivity index (χ1) is 5.54. The van der Waals surface area contributed by atoms with E-state index in [1.807, 2.05) is 13.8 Å². The summed E-state index contributed by atoms with van der Waals surface area (Å²) >= 11 is 0. The summed E-state index contributed by atoms with van der Waals surface area (Å²) in [4.78, 5) is 25.2. The number of likely N-dealkylation sites (N-methyl/N-ethyl adjacent to an activating group) is 2. The van der Waals surface area contributed by atoms with Crippen LogP contribution in [0.4, 0.5) is 0 Å². The quantitative estimate of drug-likeness (QED) is 0.548. The van der Waals surface area contributed by atoms with Gasteiger partial charge in [-0.25, -0.2) is 0 Å². The van der Waals surface area contributed by atoms with Crippen LogP contribution in [-0.4, -0.2) is 48.8 Å². The van der Waals surface area contributed by atoms with Crippen molar-refractivity contribution in [3.05, 3.63) is 0 Å². The number of amides is 2. The first kappa shape index (κ1) is 10.9. The van der Waals surface area contributed by atoms with Gasteiger partial charge in [0.05, 0.1) is 0 Å². The van der Waals surface area contributed by atoms with E-state index in [1.54, 1.807) is 14.1 Å². The Balaban J connectivity index is 4.19. The molecular formula is C8H16N2O2. The first-order valence-corrected chi connectivity index (χ1v) is 4.05. The zero-order valence-corrected chi connectivity index (χ0v) is 8.13. The van der Waals surface area contributed by atoms with E-state index >= 15 is 0 Å². The van der Waals surface area contributed by atoms with E-state index in [1.165, 1.54) is 9.80 Å². The molecule has 0 rings (SSSR count). The molecule has 0 aromatic rings. The van der Waals surface area contributed by atoms with Crippen molar-refractivity contribution in [1.29, 1.82) is 0 Å². The van der Waals surface area contributed by atoms with Crippen molar-refractivity contribution >= 4 is 11.8 Å². The van der Waals surface area contributed by atoms with Crippen molar-refractivity contribution in [1.82, 2.24) is 9.80 Å². The topological polar surface area (TPSA) is 40.6 Å². The lowest BCUT2D eigenvalue weighted by Crippen LogP contribution is -2.41. The van der Waals surface area contributed by atoms with E-state index < -0.39 is 11.8 Å². The minimum absolute atomic E-state index is 0.443. The minimum atomic E-state index is -0.443. The van der Waals surface area contributed by atoms with E-state index in [9.17, 15) is 9.59 Å². The highest BCUT2D eigenvalue weighted by Crippen LogP contribution is 1.90. The van der Waals surface area contributed by atoms with Gasteiger partial charge in [0.15, 0.2) is 0 Å². The van der Waals surface area contributed by atoms with Gasteiger partial charge in [0, 0.05) is 27.2 Å². The predicted molar refractivity (Wildman–Crippen MR) is 46.6 cm³/mol. The standard InChI is InChI=1S/C8H16N2O2/c1-5-9(3)7(11)8(12)10(4)6-2/h5-6H2,1-4H3. The highest BCUT2D eigenvalue weighted by Gasteiger charge is 2.19. The van der Waals surface area contributed by atoms with Gasteiger partial charge in [0.2, 0.25) is 0 Å². The van der Waals surface area contributed by atoms with E-state index in [2.05, 4.69) is 0 Å². The van der Waals surface area contributed by atoms with E-state index in [0.29, 0.717) is 13.1 Å². The third-order valence-electron chi connectivity index (χ3n) is 1.83. The third-order valence-corrected chi connectivity index (χ3v) is 1.83. The molecule has 0 aliphatic rings. The van der Waals surface area contributed by atoms with Crippen molar-refractivity contribution in [2.75, 3.05) is 27.2 Å². The second-order valence-electron chi connectivity index (χ2n) is 2.64. The molecule has 0 bridgehead atoms. The lowest BCUT2D eigenvalue weighted by molar-refractivity contribution is -0.150. The van der Waals surface area contributed by atoms with Crippen LogP contribution >= 0.6 is 0 Å². The SMILES string of the molecule is CCN(C)C(=O)C(=O)N(C)CC. The van der Waals surface area contributed by atoms with Gasteiger partial charge in [-0.2, -0.15) is 0 Å². The fraction of sp³-hybridized carbons (Fsp3) is 0.750. The normalized spacial score (nSPS) is 9.33. The van der Waals surface area contributed by atoms with Gasteiger partial charge in [0.25, 0.3) is 0 Å². The Morgan fingerprint density at radius 2 is 1.17 bits per heavy atom. The average Bonchev–Trinajstić information content (AvgIpc) is 2.12. The zero-order chi connectivity index (χ0) is 9.72. The highest BCUT2D eigenvalue weighted by molar-refractivity contribution is 6.34. The van der Waals surface area contributed by atoms with Crippen LogP contribution in [-0.2, 0) is 9.59 Å². The van der Waals surface area contributed by atoms with E-state index in [4.69, 9.17) is 0 Å². The maximum Gasteiger partial charge on any atom is 0.311 e. The van der Waals surface area contributed by atoms with Crippen LogP contribution in [0.1, 0.15) is 13.8 Å². The lowest BCUT2D eigenvalue weighted by atomic mass is 10.4. The molecule has 0 atom stereocenters. The fourth-order valence-electron chi connectivity index (χ4n) is 0.614. The largest absolute Gasteiger partial charge is 0.338 e. The highest BCUT2D eigenvalue weighted by atomic mass is 16.2. The van der Waals surface area contributed by atoms with Gasteiger partial charge in [-0.3, -0.25) is 9.59 Å². The molecule has 0 aromatic heterocycles. The second kappa shape index (κ2) is 4.74. The van der Waals surface area contributed by atoms with Gasteiger partial charge < -0.3 is 9.80 Å². The molecule has 0 saturated heterocycles. The van der Waals surface area contributed by atoms with E-state index in [-0.39, 0.29) is 0 Å². The second-order valence-corrected chi connectivity index (χ2v) is 2.64. The molecular weight excluding hydrogens is 156 g/mol. The molecule has 0 unspecified atom stereocenters. The average molecular weight is 172 g/mol. The molecule has 0 heterocycles. The number of rotatable bonds is 2. The number of nitrogens with zero attached hydrogens (tertiary/aromatic N) is 2. The van der Waals surface area contributed by atoms with Crippen molar-refractivity contribution in [2.45, 2.75) is 13.8 Å². The molecule has 2 amide bonds. The van der Waals surface area contributed by atoms with Crippen LogP contribution in [0.5, 0.6) is 0 Å². The summed E-state index contributed by atoms with van der Waals surface area (Å²) in [7, 11) is 3.23. The van der Waals surface area contributed by atoms with Crippen molar-refractivity contribution < 1.29 is 9.59 Å². The number of carbonyl (C=O) groups excluding carboxylic acids is 2. The fourth-order valence-corrected chi connectivity index (χ4v) is 0.614. The Kier molecular flexibility index (Phi) is 4.33. The summed E-state index contributed by atoms with van der Waals surface area (Å²) < 4.78 is 0. The van der Waals surface area contributed by atoms with Gasteiger partial charge in [-0.15, -0.1) is 0 Å². The number of hydrogen-bond acceptors (Lipinski definition) is 2. The van der Waals surface area contributed by atoms with Crippen LogP contribution < -0.4 is 0 Å². The van der Waals surface area contributed by atoms with Crippen molar-refractivity contribution in [3.8, 4) is 0 Å². The maximum absolute atomic E-state index is 11.2. The van der Waals surface area contributed by atoms with E-state index in [0.717, 1.165) is 0 Å². The Labute approximate surface area is 73.1 Å². The Bertz CT molecular complexity index is 160. The van der Waals surface area contributed by atoms with Gasteiger partial charge in [0.1, 0.15) is 0 Å². The van der Waals surface area contributed by atoms with Crippen LogP contribution in [0.2, 0.25) is 0 Å². The summed E-state index contributed by atoms with van der Waals surface area (Å²) in [5.74, 6) is -0.885. The number of hydrogen-bond donors (Lipinski definition) is 0. The zero-order valence-electron chi connectivity index (χ0n) is 8.13. The summed E-state index contributed by atoms with van der Waals surface area (Å²) in [5.41, 5.74) is 0. The summed E-state index contributed by atoms with van der Waals surface area (Å²) in [6.45, 7) is 4.78. The van der Waals surface area contributed by atoms with Crippen molar-refractivity contribution in [2.24, 2.45) is 0 Å². The molecule has 0 aliphatic heterocycles. The number of carbonyl (C=O) groups is 2. The monoisotopic (exact) mass is 172 g/mol. The molecule has 70 valence electrons. The Hall–Kier alpha value is -1.06. The lowest BCUT2D eigenvalue weighted by Gasteiger charge is -2.18. The summed E-state index contributed by atoms with van der Waals surface area (Å²) in [6, 6.07) is 0. The molecule has 4 nitrogen and oxygen atoms in total. The molecule has 0 aliphatic carbocycles. The van der Waals surface area contributed by atoms with Gasteiger partial charge >= 0.3 is 11.8 Å². The molecule has 0 fully saturated rings.